The molecule has 1 N–H and O–H groups in total. The van der Waals surface area contributed by atoms with Crippen LogP contribution in [-0.4, -0.2) is 57.1 Å². The van der Waals surface area contributed by atoms with E-state index in [4.69, 9.17) is 4.74 Å². The minimum Gasteiger partial charge on any atom is -0.497 e. The first-order valence-corrected chi connectivity index (χ1v) is 14.2. The van der Waals surface area contributed by atoms with E-state index in [0.29, 0.717) is 11.4 Å². The molecule has 0 spiro atoms. The molecule has 8 nitrogen and oxygen atoms in total. The summed E-state index contributed by atoms with van der Waals surface area (Å²) < 4.78 is 31.6. The van der Waals surface area contributed by atoms with Gasteiger partial charge in [-0.05, 0) is 56.5 Å². The summed E-state index contributed by atoms with van der Waals surface area (Å²) in [4.78, 5) is 28.3. The van der Waals surface area contributed by atoms with Crippen LogP contribution in [0.3, 0.4) is 0 Å². The van der Waals surface area contributed by atoms with Crippen LogP contribution in [0.15, 0.2) is 48.5 Å². The molecule has 9 heteroatoms. The Morgan fingerprint density at radius 1 is 1.03 bits per heavy atom. The van der Waals surface area contributed by atoms with Gasteiger partial charge in [0, 0.05) is 12.6 Å². The number of carbonyl (C=O) groups is 2. The lowest BCUT2D eigenvalue weighted by atomic mass is 9.95. The van der Waals surface area contributed by atoms with Gasteiger partial charge in [0.2, 0.25) is 21.8 Å². The number of sulfonamides is 1. The van der Waals surface area contributed by atoms with E-state index in [1.54, 1.807) is 50.4 Å². The zero-order valence-corrected chi connectivity index (χ0v) is 22.4. The molecule has 0 aliphatic heterocycles. The van der Waals surface area contributed by atoms with Crippen LogP contribution in [0.2, 0.25) is 0 Å². The fraction of sp³-hybridized carbons (Fsp3) is 0.481. The minimum absolute atomic E-state index is 0.103. The van der Waals surface area contributed by atoms with Gasteiger partial charge in [-0.2, -0.15) is 0 Å². The number of hydrogen-bond acceptors (Lipinski definition) is 5. The van der Waals surface area contributed by atoms with Crippen LogP contribution in [-0.2, 0) is 26.2 Å². The van der Waals surface area contributed by atoms with E-state index >= 15 is 0 Å². The lowest BCUT2D eigenvalue weighted by molar-refractivity contribution is -0.139. The van der Waals surface area contributed by atoms with Crippen molar-refractivity contribution in [1.82, 2.24) is 10.2 Å². The van der Waals surface area contributed by atoms with Gasteiger partial charge < -0.3 is 15.0 Å². The van der Waals surface area contributed by atoms with Gasteiger partial charge in [0.25, 0.3) is 0 Å². The average Bonchev–Trinajstić information content (AvgIpc) is 2.86. The van der Waals surface area contributed by atoms with Crippen molar-refractivity contribution in [3.05, 3.63) is 59.7 Å². The Bertz CT molecular complexity index is 1130. The SMILES string of the molecule is COc1ccc(CN(C(=O)CN(c2ccc(C)cc2)S(C)(=O)=O)[C@H](C)C(=O)NC2CCCCC2)cc1. The molecule has 2 amide bonds. The van der Waals surface area contributed by atoms with Crippen LogP contribution in [0.1, 0.15) is 50.2 Å². The molecular weight excluding hydrogens is 478 g/mol. The molecule has 0 bridgehead atoms. The summed E-state index contributed by atoms with van der Waals surface area (Å²) >= 11 is 0. The van der Waals surface area contributed by atoms with Crippen molar-refractivity contribution in [3.63, 3.8) is 0 Å². The van der Waals surface area contributed by atoms with Crippen molar-refractivity contribution in [2.24, 2.45) is 0 Å². The number of nitrogens with one attached hydrogen (secondary N) is 1. The lowest BCUT2D eigenvalue weighted by Crippen LogP contribution is -2.52. The predicted molar refractivity (Wildman–Crippen MR) is 141 cm³/mol. The Hall–Kier alpha value is -3.07. The summed E-state index contributed by atoms with van der Waals surface area (Å²) in [5, 5.41) is 3.09. The molecular formula is C27H37N3O5S. The summed E-state index contributed by atoms with van der Waals surface area (Å²) in [6.45, 7) is 3.35. The zero-order chi connectivity index (χ0) is 26.3. The summed E-state index contributed by atoms with van der Waals surface area (Å²) in [7, 11) is -2.16. The molecule has 0 heterocycles. The molecule has 3 rings (SSSR count). The van der Waals surface area contributed by atoms with E-state index in [9.17, 15) is 18.0 Å². The summed E-state index contributed by atoms with van der Waals surface area (Å²) in [5.74, 6) is -0.00421. The highest BCUT2D eigenvalue weighted by Gasteiger charge is 2.31. The summed E-state index contributed by atoms with van der Waals surface area (Å²) in [6.07, 6.45) is 6.26. The number of rotatable bonds is 10. The Kier molecular flexibility index (Phi) is 9.37. The third-order valence-electron chi connectivity index (χ3n) is 6.63. The highest BCUT2D eigenvalue weighted by atomic mass is 32.2. The summed E-state index contributed by atoms with van der Waals surface area (Å²) in [5.41, 5.74) is 2.19. The van der Waals surface area contributed by atoms with Crippen molar-refractivity contribution in [3.8, 4) is 5.75 Å². The third kappa shape index (κ3) is 7.46. The van der Waals surface area contributed by atoms with Crippen LogP contribution >= 0.6 is 0 Å². The van der Waals surface area contributed by atoms with Gasteiger partial charge in [-0.15, -0.1) is 0 Å². The molecule has 1 aliphatic rings. The van der Waals surface area contributed by atoms with Crippen LogP contribution in [0, 0.1) is 6.92 Å². The maximum absolute atomic E-state index is 13.6. The normalized spacial score (nSPS) is 15.1. The fourth-order valence-electron chi connectivity index (χ4n) is 4.40. The van der Waals surface area contributed by atoms with Crippen LogP contribution < -0.4 is 14.4 Å². The number of nitrogens with zero attached hydrogens (tertiary/aromatic N) is 2. The molecule has 196 valence electrons. The van der Waals surface area contributed by atoms with Crippen molar-refractivity contribution < 1.29 is 22.7 Å². The molecule has 0 unspecified atom stereocenters. The van der Waals surface area contributed by atoms with Crippen LogP contribution in [0.25, 0.3) is 0 Å². The van der Waals surface area contributed by atoms with E-state index < -0.39 is 28.5 Å². The Morgan fingerprint density at radius 2 is 1.64 bits per heavy atom. The number of aryl methyl sites for hydroxylation is 1. The van der Waals surface area contributed by atoms with Gasteiger partial charge in [-0.1, -0.05) is 49.1 Å². The molecule has 1 aliphatic carbocycles. The van der Waals surface area contributed by atoms with E-state index in [1.807, 2.05) is 19.1 Å². The van der Waals surface area contributed by atoms with Gasteiger partial charge in [0.05, 0.1) is 19.1 Å². The van der Waals surface area contributed by atoms with Gasteiger partial charge in [0.1, 0.15) is 18.3 Å². The predicted octanol–water partition coefficient (Wildman–Crippen LogP) is 3.64. The van der Waals surface area contributed by atoms with Crippen molar-refractivity contribution in [2.45, 2.75) is 64.6 Å². The quantitative estimate of drug-likeness (QED) is 0.521. The molecule has 2 aromatic rings. The maximum Gasteiger partial charge on any atom is 0.244 e. The van der Waals surface area contributed by atoms with E-state index in [0.717, 1.165) is 47.4 Å². The van der Waals surface area contributed by atoms with Crippen molar-refractivity contribution in [2.75, 3.05) is 24.2 Å². The monoisotopic (exact) mass is 515 g/mol. The number of ether oxygens (including phenoxy) is 1. The topological polar surface area (TPSA) is 96.0 Å². The van der Waals surface area contributed by atoms with E-state index in [1.165, 1.54) is 11.3 Å². The van der Waals surface area contributed by atoms with Gasteiger partial charge >= 0.3 is 0 Å². The highest BCUT2D eigenvalue weighted by Crippen LogP contribution is 2.21. The second-order valence-electron chi connectivity index (χ2n) is 9.49. The lowest BCUT2D eigenvalue weighted by Gasteiger charge is -2.33. The van der Waals surface area contributed by atoms with Crippen molar-refractivity contribution >= 4 is 27.5 Å². The Balaban J connectivity index is 1.85. The van der Waals surface area contributed by atoms with Crippen LogP contribution in [0.4, 0.5) is 5.69 Å². The molecule has 36 heavy (non-hydrogen) atoms. The Morgan fingerprint density at radius 3 is 2.19 bits per heavy atom. The first kappa shape index (κ1) is 27.5. The third-order valence-corrected chi connectivity index (χ3v) is 7.77. The van der Waals surface area contributed by atoms with E-state index in [2.05, 4.69) is 5.32 Å². The molecule has 0 saturated heterocycles. The Labute approximate surface area is 214 Å². The van der Waals surface area contributed by atoms with Crippen molar-refractivity contribution in [1.29, 1.82) is 0 Å². The van der Waals surface area contributed by atoms with Gasteiger partial charge in [0.15, 0.2) is 0 Å². The number of amides is 2. The molecule has 1 fully saturated rings. The first-order chi connectivity index (χ1) is 17.1. The number of hydrogen-bond donors (Lipinski definition) is 1. The van der Waals surface area contributed by atoms with Gasteiger partial charge in [-0.3, -0.25) is 13.9 Å². The number of methoxy groups -OCH3 is 1. The molecule has 0 radical (unpaired) electrons. The first-order valence-electron chi connectivity index (χ1n) is 12.4. The number of benzene rings is 2. The fourth-order valence-corrected chi connectivity index (χ4v) is 5.25. The van der Waals surface area contributed by atoms with Gasteiger partial charge in [-0.25, -0.2) is 8.42 Å². The standard InChI is InChI=1S/C27H37N3O5S/c1-20-10-14-24(15-11-20)30(36(4,33)34)19-26(31)29(18-22-12-16-25(35-3)17-13-22)21(2)27(32)28-23-8-6-5-7-9-23/h10-17,21,23H,5-9,18-19H2,1-4H3,(H,28,32)/t21-/m1/s1. The molecule has 1 atom stereocenters. The average molecular weight is 516 g/mol. The number of carbonyl (C=O) groups excluding carboxylic acids is 2. The zero-order valence-electron chi connectivity index (χ0n) is 21.6. The second-order valence-corrected chi connectivity index (χ2v) is 11.4. The highest BCUT2D eigenvalue weighted by molar-refractivity contribution is 7.92. The van der Waals surface area contributed by atoms with Crippen LogP contribution in [0.5, 0.6) is 5.75 Å². The molecule has 2 aromatic carbocycles. The maximum atomic E-state index is 13.6. The second kappa shape index (κ2) is 12.3. The molecule has 0 aromatic heterocycles. The smallest absolute Gasteiger partial charge is 0.244 e. The number of anilines is 1. The largest absolute Gasteiger partial charge is 0.497 e. The summed E-state index contributed by atoms with van der Waals surface area (Å²) in [6, 6.07) is 13.5. The molecule has 1 saturated carbocycles. The van der Waals surface area contributed by atoms with E-state index in [-0.39, 0.29) is 18.5 Å². The minimum atomic E-state index is -3.74.